The van der Waals surface area contributed by atoms with E-state index in [0.717, 1.165) is 0 Å². The number of nitriles is 1. The van der Waals surface area contributed by atoms with Gasteiger partial charge >= 0.3 is 11.9 Å². The zero-order chi connectivity index (χ0) is 20.0. The fourth-order valence-corrected chi connectivity index (χ4v) is 3.65. The molecule has 1 aromatic rings. The Morgan fingerprint density at radius 2 is 2.00 bits per heavy atom. The fraction of sp³-hybridized carbons (Fsp3) is 0.526. The summed E-state index contributed by atoms with van der Waals surface area (Å²) in [6.45, 7) is 2.03. The topological polar surface area (TPSA) is 106 Å². The summed E-state index contributed by atoms with van der Waals surface area (Å²) in [6.07, 6.45) is 2.12. The van der Waals surface area contributed by atoms with Gasteiger partial charge in [-0.05, 0) is 44.7 Å². The summed E-state index contributed by atoms with van der Waals surface area (Å²) in [5, 5.41) is 19.1. The van der Waals surface area contributed by atoms with Gasteiger partial charge in [-0.1, -0.05) is 0 Å². The molecule has 0 spiro atoms. The highest BCUT2D eigenvalue weighted by atomic mass is 31.0. The Bertz CT molecular complexity index is 749. The van der Waals surface area contributed by atoms with E-state index in [1.807, 2.05) is 0 Å². The van der Waals surface area contributed by atoms with Crippen LogP contribution in [-0.4, -0.2) is 36.9 Å². The minimum absolute atomic E-state index is 0.0276. The molecule has 1 N–H and O–H groups in total. The summed E-state index contributed by atoms with van der Waals surface area (Å²) in [5.74, 6) is -0.707. The molecule has 0 radical (unpaired) electrons. The maximum Gasteiger partial charge on any atom is 0.339 e. The van der Waals surface area contributed by atoms with Gasteiger partial charge in [-0.3, -0.25) is 4.79 Å². The Hall–Kier alpha value is -2.32. The number of methoxy groups -OCH3 is 1. The van der Waals surface area contributed by atoms with Crippen molar-refractivity contribution in [3.63, 3.8) is 0 Å². The monoisotopic (exact) mass is 393 g/mol. The summed E-state index contributed by atoms with van der Waals surface area (Å²) >= 11 is 0. The summed E-state index contributed by atoms with van der Waals surface area (Å²) in [5.41, 5.74) is -0.750. The molecule has 1 saturated carbocycles. The average Bonchev–Trinajstić information content (AvgIpc) is 2.64. The van der Waals surface area contributed by atoms with Gasteiger partial charge in [0, 0.05) is 5.30 Å². The number of carboxylic acids is 1. The third-order valence-electron chi connectivity index (χ3n) is 4.87. The Morgan fingerprint density at radius 1 is 1.33 bits per heavy atom. The van der Waals surface area contributed by atoms with Gasteiger partial charge in [-0.2, -0.15) is 5.26 Å². The fourth-order valence-electron chi connectivity index (χ4n) is 3.34. The van der Waals surface area contributed by atoms with Crippen LogP contribution in [-0.2, 0) is 9.53 Å². The zero-order valence-electron chi connectivity index (χ0n) is 15.5. The Labute approximate surface area is 160 Å². The lowest BCUT2D eigenvalue weighted by Gasteiger charge is -2.36. The number of nitrogens with zero attached hydrogens (tertiary/aromatic N) is 1. The smallest absolute Gasteiger partial charge is 0.339 e. The Balaban J connectivity index is 2.13. The van der Waals surface area contributed by atoms with Gasteiger partial charge in [0.2, 0.25) is 0 Å². The first-order chi connectivity index (χ1) is 12.9. The van der Waals surface area contributed by atoms with Crippen LogP contribution in [0.5, 0.6) is 11.5 Å². The van der Waals surface area contributed by atoms with Crippen molar-refractivity contribution in [2.24, 2.45) is 5.41 Å². The van der Waals surface area contributed by atoms with Gasteiger partial charge in [0.1, 0.15) is 17.1 Å². The first-order valence-corrected chi connectivity index (χ1v) is 9.36. The molecule has 0 aliphatic heterocycles. The van der Waals surface area contributed by atoms with Crippen LogP contribution in [0.4, 0.5) is 0 Å². The third kappa shape index (κ3) is 4.70. The number of carbonyl (C=O) groups is 2. The minimum atomic E-state index is -1.10. The number of ether oxygens (including phenoxy) is 3. The summed E-state index contributed by atoms with van der Waals surface area (Å²) < 4.78 is 16.3. The van der Waals surface area contributed by atoms with Gasteiger partial charge in [-0.15, -0.1) is 9.24 Å². The molecule has 0 amide bonds. The lowest BCUT2D eigenvalue weighted by Crippen LogP contribution is -2.39. The van der Waals surface area contributed by atoms with E-state index in [1.54, 1.807) is 13.0 Å². The number of benzene rings is 1. The summed E-state index contributed by atoms with van der Waals surface area (Å²) in [4.78, 5) is 23.7. The lowest BCUT2D eigenvalue weighted by atomic mass is 9.71. The maximum atomic E-state index is 12.3. The van der Waals surface area contributed by atoms with E-state index in [9.17, 15) is 14.7 Å². The predicted molar refractivity (Wildman–Crippen MR) is 101 cm³/mol. The van der Waals surface area contributed by atoms with Crippen molar-refractivity contribution >= 4 is 26.5 Å². The van der Waals surface area contributed by atoms with Crippen LogP contribution in [0.3, 0.4) is 0 Å². The van der Waals surface area contributed by atoms with Crippen LogP contribution in [0, 0.1) is 16.7 Å². The van der Waals surface area contributed by atoms with E-state index >= 15 is 0 Å². The maximum absolute atomic E-state index is 12.3. The highest BCUT2D eigenvalue weighted by Crippen LogP contribution is 2.41. The van der Waals surface area contributed by atoms with Gasteiger partial charge in [0.15, 0.2) is 0 Å². The molecule has 27 heavy (non-hydrogen) atoms. The zero-order valence-corrected chi connectivity index (χ0v) is 16.6. The number of carbonyl (C=O) groups excluding carboxylic acids is 1. The van der Waals surface area contributed by atoms with E-state index in [-0.39, 0.29) is 36.4 Å². The molecule has 1 aliphatic rings. The number of esters is 1. The second kappa shape index (κ2) is 9.05. The number of rotatable bonds is 7. The molecule has 8 heteroatoms. The quantitative estimate of drug-likeness (QED) is 0.561. The highest BCUT2D eigenvalue weighted by molar-refractivity contribution is 7.27. The number of carboxylic acid groups (broad SMARTS) is 1. The van der Waals surface area contributed by atoms with Crippen molar-refractivity contribution < 1.29 is 28.9 Å². The van der Waals surface area contributed by atoms with Crippen LogP contribution in [0.1, 0.15) is 49.4 Å². The van der Waals surface area contributed by atoms with E-state index < -0.39 is 11.4 Å². The molecule has 0 aromatic heterocycles. The lowest BCUT2D eigenvalue weighted by molar-refractivity contribution is -0.158. The average molecular weight is 393 g/mol. The second-order valence-corrected chi connectivity index (χ2v) is 7.17. The first-order valence-electron chi connectivity index (χ1n) is 8.78. The van der Waals surface area contributed by atoms with Gasteiger partial charge in [-0.25, -0.2) is 4.79 Å². The van der Waals surface area contributed by atoms with Crippen molar-refractivity contribution in [1.82, 2.24) is 0 Å². The SMILES string of the molecule is CCOC(=O)C1(CC#N)CCC(Oc2cc(C(=O)O)c(OC)cc2P)CC1. The molecule has 1 aromatic carbocycles. The largest absolute Gasteiger partial charge is 0.496 e. The molecule has 0 heterocycles. The highest BCUT2D eigenvalue weighted by Gasteiger charge is 2.43. The molecule has 146 valence electrons. The molecule has 1 unspecified atom stereocenters. The van der Waals surface area contributed by atoms with Crippen LogP contribution in [0.15, 0.2) is 12.1 Å². The van der Waals surface area contributed by atoms with Crippen LogP contribution >= 0.6 is 9.24 Å². The molecule has 1 atom stereocenters. The van der Waals surface area contributed by atoms with Crippen molar-refractivity contribution in [1.29, 1.82) is 5.26 Å². The molecule has 1 fully saturated rings. The Morgan fingerprint density at radius 3 is 2.52 bits per heavy atom. The van der Waals surface area contributed by atoms with Gasteiger partial charge in [0.05, 0.1) is 37.7 Å². The molecule has 1 aliphatic carbocycles. The summed E-state index contributed by atoms with van der Waals surface area (Å²) in [7, 11) is 3.93. The van der Waals surface area contributed by atoms with E-state index in [1.165, 1.54) is 13.2 Å². The van der Waals surface area contributed by atoms with Crippen molar-refractivity contribution in [3.05, 3.63) is 17.7 Å². The number of hydrogen-bond donors (Lipinski definition) is 1. The molecular weight excluding hydrogens is 369 g/mol. The molecule has 0 bridgehead atoms. The number of aromatic carboxylic acids is 1. The van der Waals surface area contributed by atoms with Crippen molar-refractivity contribution in [3.8, 4) is 17.6 Å². The number of hydrogen-bond acceptors (Lipinski definition) is 6. The summed E-state index contributed by atoms with van der Waals surface area (Å²) in [6, 6.07) is 5.15. The Kier molecular flexibility index (Phi) is 7.04. The van der Waals surface area contributed by atoms with Gasteiger partial charge < -0.3 is 19.3 Å². The van der Waals surface area contributed by atoms with E-state index in [2.05, 4.69) is 15.3 Å². The van der Waals surface area contributed by atoms with Gasteiger partial charge in [0.25, 0.3) is 0 Å². The second-order valence-electron chi connectivity index (χ2n) is 6.55. The van der Waals surface area contributed by atoms with Crippen LogP contribution < -0.4 is 14.8 Å². The van der Waals surface area contributed by atoms with Crippen LogP contribution in [0.2, 0.25) is 0 Å². The molecular formula is C19H24NO6P. The first kappa shape index (κ1) is 21.0. The molecule has 0 saturated heterocycles. The third-order valence-corrected chi connectivity index (χ3v) is 5.32. The van der Waals surface area contributed by atoms with E-state index in [4.69, 9.17) is 19.5 Å². The van der Waals surface area contributed by atoms with Crippen LogP contribution in [0.25, 0.3) is 0 Å². The molecule has 2 rings (SSSR count). The normalized spacial score (nSPS) is 21.8. The van der Waals surface area contributed by atoms with E-state index in [0.29, 0.717) is 36.7 Å². The predicted octanol–water partition coefficient (Wildman–Crippen LogP) is 2.68. The standard InChI is InChI=1S/C19H24NO6P/c1-3-25-18(23)19(8-9-20)6-4-12(5-7-19)26-15-10-13(17(21)22)14(24-2)11-16(15)27/h10-12H,3-8,27H2,1-2H3,(H,21,22). The van der Waals surface area contributed by atoms with Crippen molar-refractivity contribution in [2.75, 3.05) is 13.7 Å². The molecule has 7 nitrogen and oxygen atoms in total. The minimum Gasteiger partial charge on any atom is -0.496 e. The van der Waals surface area contributed by atoms with Crippen molar-refractivity contribution in [2.45, 2.75) is 45.1 Å².